The van der Waals surface area contributed by atoms with Crippen LogP contribution in [-0.2, 0) is 0 Å². The molecule has 3 heteroatoms. The maximum Gasteiger partial charge on any atom is 0.102 e. The van der Waals surface area contributed by atoms with Gasteiger partial charge in [-0.25, -0.2) is 0 Å². The van der Waals surface area contributed by atoms with Gasteiger partial charge in [0.2, 0.25) is 0 Å². The standard InChI is InChI=1S/C16H15ClN2/c1-19-10-9-18-16(12-5-3-2-4-6-12)14-11-13(17)7-8-15(14)19/h2-9,11,16H,10H2,1H3. The largest absolute Gasteiger partial charge is 0.369 e. The van der Waals surface area contributed by atoms with Crippen molar-refractivity contribution < 1.29 is 0 Å². The number of hydrogen-bond donors (Lipinski definition) is 0. The summed E-state index contributed by atoms with van der Waals surface area (Å²) in [4.78, 5) is 6.89. The van der Waals surface area contributed by atoms with Crippen molar-refractivity contribution in [2.45, 2.75) is 6.04 Å². The quantitative estimate of drug-likeness (QED) is 0.766. The van der Waals surface area contributed by atoms with Gasteiger partial charge in [0.05, 0.1) is 6.54 Å². The highest BCUT2D eigenvalue weighted by Crippen LogP contribution is 2.36. The van der Waals surface area contributed by atoms with Gasteiger partial charge in [-0.05, 0) is 23.8 Å². The molecule has 1 aliphatic heterocycles. The van der Waals surface area contributed by atoms with Crippen LogP contribution in [0.4, 0.5) is 5.69 Å². The first-order valence-corrected chi connectivity index (χ1v) is 6.70. The molecular formula is C16H15ClN2. The molecular weight excluding hydrogens is 256 g/mol. The van der Waals surface area contributed by atoms with Crippen LogP contribution in [0.2, 0.25) is 5.02 Å². The second kappa shape index (κ2) is 5.06. The van der Waals surface area contributed by atoms with Gasteiger partial charge in [-0.15, -0.1) is 0 Å². The molecule has 3 rings (SSSR count). The Morgan fingerprint density at radius 3 is 2.74 bits per heavy atom. The van der Waals surface area contributed by atoms with Gasteiger partial charge in [-0.2, -0.15) is 0 Å². The van der Waals surface area contributed by atoms with Crippen LogP contribution >= 0.6 is 11.6 Å². The van der Waals surface area contributed by atoms with E-state index in [2.05, 4.69) is 30.1 Å². The molecule has 0 N–H and O–H groups in total. The van der Waals surface area contributed by atoms with E-state index in [0.29, 0.717) is 0 Å². The number of nitrogens with zero attached hydrogens (tertiary/aromatic N) is 2. The molecule has 0 aliphatic carbocycles. The SMILES string of the molecule is CN1CC=NC(c2ccccc2)c2cc(Cl)ccc21. The summed E-state index contributed by atoms with van der Waals surface area (Å²) >= 11 is 6.16. The molecule has 1 aliphatic rings. The second-order valence-electron chi connectivity index (χ2n) is 4.73. The van der Waals surface area contributed by atoms with Gasteiger partial charge in [0, 0.05) is 29.5 Å². The Labute approximate surface area is 118 Å². The molecule has 2 aromatic carbocycles. The summed E-state index contributed by atoms with van der Waals surface area (Å²) in [5.74, 6) is 0. The average Bonchev–Trinajstić information content (AvgIpc) is 2.59. The van der Waals surface area contributed by atoms with E-state index in [4.69, 9.17) is 16.6 Å². The number of halogens is 1. The molecule has 1 atom stereocenters. The number of rotatable bonds is 1. The van der Waals surface area contributed by atoms with Crippen LogP contribution in [-0.4, -0.2) is 19.8 Å². The van der Waals surface area contributed by atoms with Crippen molar-refractivity contribution in [2.75, 3.05) is 18.5 Å². The number of fused-ring (bicyclic) bond motifs is 1. The van der Waals surface area contributed by atoms with E-state index in [0.717, 1.165) is 17.1 Å². The first-order chi connectivity index (χ1) is 9.25. The Bertz CT molecular complexity index is 607. The zero-order chi connectivity index (χ0) is 13.2. The Morgan fingerprint density at radius 2 is 1.95 bits per heavy atom. The highest BCUT2D eigenvalue weighted by Gasteiger charge is 2.20. The Hall–Kier alpha value is -1.80. The van der Waals surface area contributed by atoms with Crippen molar-refractivity contribution in [2.24, 2.45) is 4.99 Å². The molecule has 0 bridgehead atoms. The first kappa shape index (κ1) is 12.2. The summed E-state index contributed by atoms with van der Waals surface area (Å²) in [6, 6.07) is 16.4. The monoisotopic (exact) mass is 270 g/mol. The topological polar surface area (TPSA) is 15.6 Å². The third kappa shape index (κ3) is 2.36. The van der Waals surface area contributed by atoms with Gasteiger partial charge >= 0.3 is 0 Å². The molecule has 1 unspecified atom stereocenters. The molecule has 0 aromatic heterocycles. The fraction of sp³-hybridized carbons (Fsp3) is 0.188. The lowest BCUT2D eigenvalue weighted by molar-refractivity contribution is 0.882. The highest BCUT2D eigenvalue weighted by molar-refractivity contribution is 6.30. The van der Waals surface area contributed by atoms with Gasteiger partial charge in [0.15, 0.2) is 0 Å². The van der Waals surface area contributed by atoms with E-state index < -0.39 is 0 Å². The van der Waals surface area contributed by atoms with Gasteiger partial charge < -0.3 is 4.90 Å². The summed E-state index contributed by atoms with van der Waals surface area (Å²) in [6.45, 7) is 0.817. The summed E-state index contributed by atoms with van der Waals surface area (Å²) in [5.41, 5.74) is 3.54. The zero-order valence-electron chi connectivity index (χ0n) is 10.8. The van der Waals surface area contributed by atoms with E-state index in [9.17, 15) is 0 Å². The van der Waals surface area contributed by atoms with Gasteiger partial charge in [-0.3, -0.25) is 4.99 Å². The molecule has 0 amide bonds. The number of hydrogen-bond acceptors (Lipinski definition) is 2. The fourth-order valence-corrected chi connectivity index (χ4v) is 2.63. The van der Waals surface area contributed by atoms with E-state index >= 15 is 0 Å². The predicted molar refractivity (Wildman–Crippen MR) is 81.5 cm³/mol. The van der Waals surface area contributed by atoms with Crippen molar-refractivity contribution in [3.8, 4) is 0 Å². The fourth-order valence-electron chi connectivity index (χ4n) is 2.45. The Kier molecular flexibility index (Phi) is 3.26. The molecule has 1 heterocycles. The van der Waals surface area contributed by atoms with Gasteiger partial charge in [0.1, 0.15) is 6.04 Å². The minimum Gasteiger partial charge on any atom is -0.369 e. The highest BCUT2D eigenvalue weighted by atomic mass is 35.5. The maximum atomic E-state index is 6.16. The summed E-state index contributed by atoms with van der Waals surface area (Å²) in [7, 11) is 2.08. The van der Waals surface area contributed by atoms with E-state index in [1.54, 1.807) is 0 Å². The number of aliphatic imine (C=N–C) groups is 1. The van der Waals surface area contributed by atoms with Gasteiger partial charge in [-0.1, -0.05) is 41.9 Å². The van der Waals surface area contributed by atoms with Crippen molar-refractivity contribution in [1.82, 2.24) is 0 Å². The van der Waals surface area contributed by atoms with Crippen LogP contribution in [0.5, 0.6) is 0 Å². The predicted octanol–water partition coefficient (Wildman–Crippen LogP) is 3.95. The molecule has 19 heavy (non-hydrogen) atoms. The molecule has 2 aromatic rings. The Morgan fingerprint density at radius 1 is 1.16 bits per heavy atom. The minimum absolute atomic E-state index is 0.0276. The van der Waals surface area contributed by atoms with Crippen molar-refractivity contribution in [3.05, 3.63) is 64.7 Å². The molecule has 0 fully saturated rings. The first-order valence-electron chi connectivity index (χ1n) is 6.33. The summed E-state index contributed by atoms with van der Waals surface area (Å²) < 4.78 is 0. The molecule has 0 saturated heterocycles. The van der Waals surface area contributed by atoms with Crippen LogP contribution < -0.4 is 4.90 Å². The lowest BCUT2D eigenvalue weighted by Gasteiger charge is -2.21. The lowest BCUT2D eigenvalue weighted by atomic mass is 9.97. The molecule has 0 saturated carbocycles. The van der Waals surface area contributed by atoms with E-state index in [-0.39, 0.29) is 6.04 Å². The minimum atomic E-state index is 0.0276. The van der Waals surface area contributed by atoms with Crippen molar-refractivity contribution in [1.29, 1.82) is 0 Å². The van der Waals surface area contributed by atoms with Crippen LogP contribution in [0, 0.1) is 0 Å². The summed E-state index contributed by atoms with van der Waals surface area (Å²) in [5, 5.41) is 0.755. The molecule has 0 spiro atoms. The van der Waals surface area contributed by atoms with E-state index in [1.165, 1.54) is 11.3 Å². The third-order valence-electron chi connectivity index (χ3n) is 3.42. The third-order valence-corrected chi connectivity index (χ3v) is 3.66. The van der Waals surface area contributed by atoms with Gasteiger partial charge in [0.25, 0.3) is 0 Å². The van der Waals surface area contributed by atoms with Crippen LogP contribution in [0.1, 0.15) is 17.2 Å². The van der Waals surface area contributed by atoms with Crippen LogP contribution in [0.3, 0.4) is 0 Å². The number of benzene rings is 2. The summed E-state index contributed by atoms with van der Waals surface area (Å²) in [6.07, 6.45) is 1.98. The number of anilines is 1. The smallest absolute Gasteiger partial charge is 0.102 e. The molecule has 2 nitrogen and oxygen atoms in total. The zero-order valence-corrected chi connectivity index (χ0v) is 11.5. The van der Waals surface area contributed by atoms with Crippen molar-refractivity contribution in [3.63, 3.8) is 0 Å². The molecule has 96 valence electrons. The molecule has 0 radical (unpaired) electrons. The maximum absolute atomic E-state index is 6.16. The average molecular weight is 271 g/mol. The van der Waals surface area contributed by atoms with E-state index in [1.807, 2.05) is 36.5 Å². The van der Waals surface area contributed by atoms with Crippen LogP contribution in [0.15, 0.2) is 53.5 Å². The van der Waals surface area contributed by atoms with Crippen molar-refractivity contribution >= 4 is 23.5 Å². The Balaban J connectivity index is 2.16. The normalized spacial score (nSPS) is 18.0. The lowest BCUT2D eigenvalue weighted by Crippen LogP contribution is -2.19. The second-order valence-corrected chi connectivity index (χ2v) is 5.16. The van der Waals surface area contributed by atoms with Crippen LogP contribution in [0.25, 0.3) is 0 Å².